The van der Waals surface area contributed by atoms with Crippen molar-refractivity contribution < 1.29 is 14.6 Å². The number of aliphatic hydroxyl groups is 1. The summed E-state index contributed by atoms with van der Waals surface area (Å²) in [6, 6.07) is 5.71. The van der Waals surface area contributed by atoms with Crippen molar-refractivity contribution in [1.82, 2.24) is 10.6 Å². The van der Waals surface area contributed by atoms with Crippen molar-refractivity contribution in [3.05, 3.63) is 23.8 Å². The van der Waals surface area contributed by atoms with Gasteiger partial charge < -0.3 is 25.2 Å². The lowest BCUT2D eigenvalue weighted by Crippen LogP contribution is -2.39. The number of halogens is 1. The van der Waals surface area contributed by atoms with Crippen LogP contribution in [0.4, 0.5) is 0 Å². The lowest BCUT2D eigenvalue weighted by molar-refractivity contribution is 0.241. The minimum atomic E-state index is -0.0118. The largest absolute Gasteiger partial charge is 0.497 e. The maximum absolute atomic E-state index is 9.12. The first kappa shape index (κ1) is 22.8. The van der Waals surface area contributed by atoms with Gasteiger partial charge in [0.2, 0.25) is 0 Å². The number of methoxy groups -OCH3 is 2. The molecule has 0 fully saturated rings. The summed E-state index contributed by atoms with van der Waals surface area (Å²) in [4.78, 5) is 4.51. The van der Waals surface area contributed by atoms with Crippen LogP contribution < -0.4 is 20.1 Å². The highest BCUT2D eigenvalue weighted by Gasteiger charge is 2.14. The molecule has 1 rings (SSSR count). The van der Waals surface area contributed by atoms with Gasteiger partial charge in [0.25, 0.3) is 0 Å². The molecule has 1 aromatic rings. The van der Waals surface area contributed by atoms with E-state index in [4.69, 9.17) is 14.6 Å². The molecule has 0 aliphatic rings. The Bertz CT molecular complexity index is 512. The van der Waals surface area contributed by atoms with Crippen LogP contribution in [0.5, 0.6) is 11.5 Å². The molecule has 0 spiro atoms. The van der Waals surface area contributed by atoms with Gasteiger partial charge in [-0.1, -0.05) is 6.92 Å². The summed E-state index contributed by atoms with van der Waals surface area (Å²) in [7, 11) is 3.30. The zero-order valence-electron chi connectivity index (χ0n) is 15.1. The summed E-state index contributed by atoms with van der Waals surface area (Å²) in [6.45, 7) is 7.47. The predicted molar refractivity (Wildman–Crippen MR) is 109 cm³/mol. The Morgan fingerprint density at radius 1 is 1.25 bits per heavy atom. The first-order chi connectivity index (χ1) is 11.0. The van der Waals surface area contributed by atoms with Gasteiger partial charge in [0.1, 0.15) is 11.5 Å². The highest BCUT2D eigenvalue weighted by atomic mass is 127. The molecule has 0 radical (unpaired) electrons. The number of aliphatic hydroxyl groups excluding tert-OH is 1. The number of rotatable bonds is 8. The van der Waals surface area contributed by atoms with Gasteiger partial charge in [-0.25, -0.2) is 0 Å². The minimum Gasteiger partial charge on any atom is -0.497 e. The second-order valence-corrected chi connectivity index (χ2v) is 5.48. The van der Waals surface area contributed by atoms with Crippen LogP contribution in [0.1, 0.15) is 32.4 Å². The van der Waals surface area contributed by atoms with Crippen LogP contribution in [-0.2, 0) is 0 Å². The van der Waals surface area contributed by atoms with E-state index in [1.54, 1.807) is 14.2 Å². The van der Waals surface area contributed by atoms with Crippen LogP contribution in [0, 0.1) is 5.92 Å². The number of nitrogens with zero attached hydrogens (tertiary/aromatic N) is 1. The molecule has 0 aromatic heterocycles. The summed E-state index contributed by atoms with van der Waals surface area (Å²) in [5, 5.41) is 15.7. The van der Waals surface area contributed by atoms with E-state index >= 15 is 0 Å². The molecule has 3 N–H and O–H groups in total. The second kappa shape index (κ2) is 12.2. The number of nitrogens with one attached hydrogen (secondary N) is 2. The lowest BCUT2D eigenvalue weighted by Gasteiger charge is -2.21. The van der Waals surface area contributed by atoms with Crippen molar-refractivity contribution >= 4 is 29.9 Å². The molecule has 2 unspecified atom stereocenters. The Morgan fingerprint density at radius 3 is 2.50 bits per heavy atom. The molecule has 6 nitrogen and oxygen atoms in total. The average Bonchev–Trinajstić information content (AvgIpc) is 2.58. The van der Waals surface area contributed by atoms with Crippen molar-refractivity contribution in [1.29, 1.82) is 0 Å². The lowest BCUT2D eigenvalue weighted by atomic mass is 10.1. The van der Waals surface area contributed by atoms with E-state index in [0.29, 0.717) is 12.5 Å². The highest BCUT2D eigenvalue weighted by Crippen LogP contribution is 2.29. The third-order valence-corrected chi connectivity index (χ3v) is 3.47. The average molecular weight is 451 g/mol. The SMILES string of the molecule is CCNC(=NCC(C)CO)NC(C)c1cc(OC)ccc1OC.I. The summed E-state index contributed by atoms with van der Waals surface area (Å²) in [6.07, 6.45) is 0. The summed E-state index contributed by atoms with van der Waals surface area (Å²) in [5.41, 5.74) is 0.993. The van der Waals surface area contributed by atoms with Gasteiger partial charge in [-0.2, -0.15) is 0 Å². The second-order valence-electron chi connectivity index (χ2n) is 5.48. The number of hydrogen-bond donors (Lipinski definition) is 3. The predicted octanol–water partition coefficient (Wildman–Crippen LogP) is 2.57. The van der Waals surface area contributed by atoms with Gasteiger partial charge in [0.15, 0.2) is 5.96 Å². The molecule has 0 bridgehead atoms. The monoisotopic (exact) mass is 451 g/mol. The topological polar surface area (TPSA) is 75.1 Å². The van der Waals surface area contributed by atoms with Crippen LogP contribution in [0.2, 0.25) is 0 Å². The van der Waals surface area contributed by atoms with Gasteiger partial charge in [0.05, 0.1) is 20.3 Å². The van der Waals surface area contributed by atoms with E-state index in [1.807, 2.05) is 39.0 Å². The highest BCUT2D eigenvalue weighted by molar-refractivity contribution is 14.0. The molecule has 0 saturated carbocycles. The van der Waals surface area contributed by atoms with Crippen LogP contribution in [0.3, 0.4) is 0 Å². The Balaban J connectivity index is 0.00000529. The fourth-order valence-electron chi connectivity index (χ4n) is 2.09. The fourth-order valence-corrected chi connectivity index (χ4v) is 2.09. The van der Waals surface area contributed by atoms with E-state index in [2.05, 4.69) is 15.6 Å². The van der Waals surface area contributed by atoms with Crippen LogP contribution in [0.15, 0.2) is 23.2 Å². The van der Waals surface area contributed by atoms with Crippen LogP contribution >= 0.6 is 24.0 Å². The van der Waals surface area contributed by atoms with Gasteiger partial charge in [0, 0.05) is 25.3 Å². The maximum Gasteiger partial charge on any atom is 0.191 e. The van der Waals surface area contributed by atoms with Gasteiger partial charge >= 0.3 is 0 Å². The third-order valence-electron chi connectivity index (χ3n) is 3.47. The summed E-state index contributed by atoms with van der Waals surface area (Å²) < 4.78 is 10.7. The number of ether oxygens (including phenoxy) is 2. The van der Waals surface area contributed by atoms with Crippen LogP contribution in [0.25, 0.3) is 0 Å². The zero-order chi connectivity index (χ0) is 17.2. The zero-order valence-corrected chi connectivity index (χ0v) is 17.5. The van der Waals surface area contributed by atoms with Gasteiger partial charge in [-0.3, -0.25) is 4.99 Å². The first-order valence-corrected chi connectivity index (χ1v) is 7.93. The van der Waals surface area contributed by atoms with Gasteiger partial charge in [-0.15, -0.1) is 24.0 Å². The number of hydrogen-bond acceptors (Lipinski definition) is 4. The molecular weight excluding hydrogens is 421 g/mol. The Hall–Kier alpha value is -1.22. The molecule has 1 aromatic carbocycles. The van der Waals surface area contributed by atoms with Crippen molar-refractivity contribution in [2.45, 2.75) is 26.8 Å². The van der Waals surface area contributed by atoms with E-state index in [1.165, 1.54) is 0 Å². The summed E-state index contributed by atoms with van der Waals surface area (Å²) in [5.74, 6) is 2.42. The Morgan fingerprint density at radius 2 is 1.96 bits per heavy atom. The van der Waals surface area contributed by atoms with Crippen molar-refractivity contribution in [2.24, 2.45) is 10.9 Å². The molecular formula is C17H30IN3O3. The normalized spacial score (nSPS) is 13.5. The first-order valence-electron chi connectivity index (χ1n) is 7.93. The van der Waals surface area contributed by atoms with Gasteiger partial charge in [-0.05, 0) is 38.0 Å². The van der Waals surface area contributed by atoms with E-state index < -0.39 is 0 Å². The van der Waals surface area contributed by atoms with Crippen molar-refractivity contribution in [3.63, 3.8) is 0 Å². The quantitative estimate of drug-likeness (QED) is 0.322. The van der Waals surface area contributed by atoms with E-state index in [-0.39, 0.29) is 42.5 Å². The molecule has 0 saturated heterocycles. The number of guanidine groups is 1. The van der Waals surface area contributed by atoms with E-state index in [9.17, 15) is 0 Å². The van der Waals surface area contributed by atoms with Crippen LogP contribution in [-0.4, -0.2) is 45.0 Å². The molecule has 0 aliphatic heterocycles. The summed E-state index contributed by atoms with van der Waals surface area (Å²) >= 11 is 0. The molecule has 7 heteroatoms. The minimum absolute atomic E-state index is 0. The smallest absolute Gasteiger partial charge is 0.191 e. The van der Waals surface area contributed by atoms with E-state index in [0.717, 1.165) is 23.6 Å². The Kier molecular flexibility index (Phi) is 11.6. The van der Waals surface area contributed by atoms with Crippen molar-refractivity contribution in [3.8, 4) is 11.5 Å². The molecule has 2 atom stereocenters. The molecule has 0 heterocycles. The third kappa shape index (κ3) is 7.12. The number of benzene rings is 1. The van der Waals surface area contributed by atoms with Crippen molar-refractivity contribution in [2.75, 3.05) is 33.9 Å². The fraction of sp³-hybridized carbons (Fsp3) is 0.588. The maximum atomic E-state index is 9.12. The number of aliphatic imine (C=N–C) groups is 1. The standard InChI is InChI=1S/C17H29N3O3.HI/c1-6-18-17(19-10-12(2)11-21)20-13(3)15-9-14(22-4)7-8-16(15)23-5;/h7-9,12-13,21H,6,10-11H2,1-5H3,(H2,18,19,20);1H. The Labute approximate surface area is 162 Å². The molecule has 0 amide bonds. The molecule has 0 aliphatic carbocycles. The molecule has 24 heavy (non-hydrogen) atoms. The molecule has 138 valence electrons.